The molecule has 2 aromatic carbocycles. The molecule has 0 bridgehead atoms. The minimum absolute atomic E-state index is 0.0391. The van der Waals surface area contributed by atoms with E-state index in [2.05, 4.69) is 5.32 Å². The lowest BCUT2D eigenvalue weighted by Gasteiger charge is -2.17. The van der Waals surface area contributed by atoms with Crippen molar-refractivity contribution in [1.82, 2.24) is 5.32 Å². The highest BCUT2D eigenvalue weighted by Crippen LogP contribution is 2.24. The van der Waals surface area contributed by atoms with Crippen LogP contribution >= 0.6 is 0 Å². The zero-order valence-electron chi connectivity index (χ0n) is 12.8. The van der Waals surface area contributed by atoms with Crippen LogP contribution in [0.3, 0.4) is 0 Å². The van der Waals surface area contributed by atoms with Crippen LogP contribution in [0.5, 0.6) is 5.75 Å². The van der Waals surface area contributed by atoms with Crippen LogP contribution in [-0.4, -0.2) is 13.0 Å². The van der Waals surface area contributed by atoms with Crippen molar-refractivity contribution in [2.24, 2.45) is 0 Å². The first-order chi connectivity index (χ1) is 10.6. The van der Waals surface area contributed by atoms with E-state index in [4.69, 9.17) is 4.74 Å². The van der Waals surface area contributed by atoms with Crippen LogP contribution in [0.25, 0.3) is 0 Å². The van der Waals surface area contributed by atoms with Gasteiger partial charge in [0, 0.05) is 12.0 Å². The van der Waals surface area contributed by atoms with Crippen LogP contribution in [0, 0.1) is 5.82 Å². The first-order valence-electron chi connectivity index (χ1n) is 7.27. The number of nitrogens with one attached hydrogen (secondary N) is 1. The Labute approximate surface area is 130 Å². The molecule has 116 valence electrons. The molecule has 0 heterocycles. The number of rotatable bonds is 6. The van der Waals surface area contributed by atoms with Crippen molar-refractivity contribution in [3.8, 4) is 5.75 Å². The van der Waals surface area contributed by atoms with Gasteiger partial charge in [-0.05, 0) is 37.1 Å². The normalized spacial score (nSPS) is 11.8. The molecule has 2 rings (SSSR count). The topological polar surface area (TPSA) is 38.3 Å². The van der Waals surface area contributed by atoms with Gasteiger partial charge >= 0.3 is 0 Å². The maximum atomic E-state index is 12.8. The third-order valence-corrected chi connectivity index (χ3v) is 3.54. The summed E-state index contributed by atoms with van der Waals surface area (Å²) in [4.78, 5) is 12.0. The van der Waals surface area contributed by atoms with E-state index in [0.29, 0.717) is 12.8 Å². The quantitative estimate of drug-likeness (QED) is 0.884. The van der Waals surface area contributed by atoms with E-state index in [1.807, 2.05) is 31.2 Å². The number of benzene rings is 2. The summed E-state index contributed by atoms with van der Waals surface area (Å²) in [6, 6.07) is 13.7. The van der Waals surface area contributed by atoms with Gasteiger partial charge in [-0.1, -0.05) is 30.3 Å². The highest BCUT2D eigenvalue weighted by Gasteiger charge is 2.13. The summed E-state index contributed by atoms with van der Waals surface area (Å²) < 4.78 is 18.1. The fourth-order valence-electron chi connectivity index (χ4n) is 2.32. The summed E-state index contributed by atoms with van der Waals surface area (Å²) in [6.45, 7) is 1.92. The summed E-state index contributed by atoms with van der Waals surface area (Å²) in [5.74, 6) is 0.453. The van der Waals surface area contributed by atoms with Crippen molar-refractivity contribution in [2.75, 3.05) is 7.11 Å². The number of para-hydroxylation sites is 1. The predicted molar refractivity (Wildman–Crippen MR) is 84.3 cm³/mol. The first kappa shape index (κ1) is 16.0. The minimum Gasteiger partial charge on any atom is -0.496 e. The van der Waals surface area contributed by atoms with E-state index in [-0.39, 0.29) is 17.8 Å². The van der Waals surface area contributed by atoms with E-state index in [1.54, 1.807) is 19.2 Å². The molecular formula is C18H20FNO2. The lowest BCUT2D eigenvalue weighted by Crippen LogP contribution is -2.27. The highest BCUT2D eigenvalue weighted by molar-refractivity contribution is 5.76. The van der Waals surface area contributed by atoms with Gasteiger partial charge in [0.1, 0.15) is 11.6 Å². The number of hydrogen-bond acceptors (Lipinski definition) is 2. The molecule has 0 fully saturated rings. The molecule has 0 aliphatic rings. The van der Waals surface area contributed by atoms with Crippen LogP contribution in [0.15, 0.2) is 48.5 Å². The number of hydrogen-bond donors (Lipinski definition) is 1. The Morgan fingerprint density at radius 3 is 2.55 bits per heavy atom. The Kier molecular flexibility index (Phi) is 5.53. The summed E-state index contributed by atoms with van der Waals surface area (Å²) in [5, 5.41) is 2.96. The molecule has 3 nitrogen and oxygen atoms in total. The third kappa shape index (κ3) is 4.32. The zero-order chi connectivity index (χ0) is 15.9. The van der Waals surface area contributed by atoms with Gasteiger partial charge in [0.2, 0.25) is 5.91 Å². The third-order valence-electron chi connectivity index (χ3n) is 3.54. The number of aryl methyl sites for hydroxylation is 1. The van der Waals surface area contributed by atoms with Crippen LogP contribution in [0.1, 0.15) is 30.5 Å². The number of carbonyl (C=O) groups is 1. The molecule has 1 amide bonds. The standard InChI is InChI=1S/C18H20FNO2/c1-13(16-5-3-4-6-17(16)22-2)20-18(21)12-9-14-7-10-15(19)11-8-14/h3-8,10-11,13H,9,12H2,1-2H3,(H,20,21)/t13-/m0/s1. The van der Waals surface area contributed by atoms with Crippen molar-refractivity contribution in [3.05, 3.63) is 65.5 Å². The molecule has 0 radical (unpaired) electrons. The van der Waals surface area contributed by atoms with Gasteiger partial charge in [-0.3, -0.25) is 4.79 Å². The smallest absolute Gasteiger partial charge is 0.220 e. The molecular weight excluding hydrogens is 281 g/mol. The highest BCUT2D eigenvalue weighted by atomic mass is 19.1. The molecule has 0 unspecified atom stereocenters. The van der Waals surface area contributed by atoms with E-state index in [9.17, 15) is 9.18 Å². The number of amides is 1. The Morgan fingerprint density at radius 2 is 1.86 bits per heavy atom. The molecule has 4 heteroatoms. The zero-order valence-corrected chi connectivity index (χ0v) is 12.8. The summed E-state index contributed by atoms with van der Waals surface area (Å²) in [5.41, 5.74) is 1.89. The number of methoxy groups -OCH3 is 1. The first-order valence-corrected chi connectivity index (χ1v) is 7.27. The molecule has 0 spiro atoms. The van der Waals surface area contributed by atoms with Crippen molar-refractivity contribution in [2.45, 2.75) is 25.8 Å². The van der Waals surface area contributed by atoms with Crippen LogP contribution in [-0.2, 0) is 11.2 Å². The second kappa shape index (κ2) is 7.59. The van der Waals surface area contributed by atoms with Gasteiger partial charge in [-0.25, -0.2) is 4.39 Å². The molecule has 0 aliphatic carbocycles. The molecule has 0 saturated carbocycles. The van der Waals surface area contributed by atoms with Gasteiger partial charge in [-0.2, -0.15) is 0 Å². The molecule has 1 N–H and O–H groups in total. The molecule has 22 heavy (non-hydrogen) atoms. The second-order valence-electron chi connectivity index (χ2n) is 5.16. The Morgan fingerprint density at radius 1 is 1.18 bits per heavy atom. The van der Waals surface area contributed by atoms with Gasteiger partial charge in [0.05, 0.1) is 13.2 Å². The van der Waals surface area contributed by atoms with Crippen molar-refractivity contribution >= 4 is 5.91 Å². The lowest BCUT2D eigenvalue weighted by molar-refractivity contribution is -0.121. The molecule has 0 saturated heterocycles. The molecule has 0 aliphatic heterocycles. The van der Waals surface area contributed by atoms with Gasteiger partial charge in [0.15, 0.2) is 0 Å². The minimum atomic E-state index is -0.266. The van der Waals surface area contributed by atoms with Crippen molar-refractivity contribution < 1.29 is 13.9 Å². The summed E-state index contributed by atoms with van der Waals surface area (Å²) >= 11 is 0. The van der Waals surface area contributed by atoms with E-state index < -0.39 is 0 Å². The molecule has 2 aromatic rings. The fourth-order valence-corrected chi connectivity index (χ4v) is 2.32. The van der Waals surface area contributed by atoms with Gasteiger partial charge in [-0.15, -0.1) is 0 Å². The van der Waals surface area contributed by atoms with E-state index in [1.165, 1.54) is 12.1 Å². The summed E-state index contributed by atoms with van der Waals surface area (Å²) in [6.07, 6.45) is 0.954. The maximum absolute atomic E-state index is 12.8. The largest absolute Gasteiger partial charge is 0.496 e. The van der Waals surface area contributed by atoms with Crippen LogP contribution in [0.4, 0.5) is 4.39 Å². The lowest BCUT2D eigenvalue weighted by atomic mass is 10.1. The van der Waals surface area contributed by atoms with Gasteiger partial charge < -0.3 is 10.1 Å². The van der Waals surface area contributed by atoms with Crippen LogP contribution in [0.2, 0.25) is 0 Å². The summed E-state index contributed by atoms with van der Waals surface area (Å²) in [7, 11) is 1.61. The van der Waals surface area contributed by atoms with Crippen LogP contribution < -0.4 is 10.1 Å². The number of ether oxygens (including phenoxy) is 1. The molecule has 1 atom stereocenters. The number of halogens is 1. The Bertz CT molecular complexity index is 625. The average Bonchev–Trinajstić information content (AvgIpc) is 2.54. The average molecular weight is 301 g/mol. The SMILES string of the molecule is COc1ccccc1[C@H](C)NC(=O)CCc1ccc(F)cc1. The van der Waals surface area contributed by atoms with Crippen molar-refractivity contribution in [1.29, 1.82) is 0 Å². The predicted octanol–water partition coefficient (Wildman–Crippen LogP) is 3.64. The fraction of sp³-hybridized carbons (Fsp3) is 0.278. The maximum Gasteiger partial charge on any atom is 0.220 e. The second-order valence-corrected chi connectivity index (χ2v) is 5.16. The monoisotopic (exact) mass is 301 g/mol. The Hall–Kier alpha value is -2.36. The van der Waals surface area contributed by atoms with Crippen molar-refractivity contribution in [3.63, 3.8) is 0 Å². The number of carbonyl (C=O) groups excluding carboxylic acids is 1. The molecule has 0 aromatic heterocycles. The van der Waals surface area contributed by atoms with E-state index in [0.717, 1.165) is 16.9 Å². The van der Waals surface area contributed by atoms with Gasteiger partial charge in [0.25, 0.3) is 0 Å². The Balaban J connectivity index is 1.90. The van der Waals surface area contributed by atoms with E-state index >= 15 is 0 Å².